The Labute approximate surface area is 112 Å². The molecule has 0 saturated carbocycles. The zero-order valence-electron chi connectivity index (χ0n) is 11.1. The van der Waals surface area contributed by atoms with Crippen molar-refractivity contribution in [3.05, 3.63) is 18.3 Å². The fourth-order valence-corrected chi connectivity index (χ4v) is 2.74. The number of sulfonamides is 1. The third kappa shape index (κ3) is 3.65. The SMILES string of the molecule is CNC(=O)C(C)CN(C)S(=O)(=O)c1ccc(N)nc1. The van der Waals surface area contributed by atoms with Crippen molar-refractivity contribution in [2.45, 2.75) is 11.8 Å². The minimum absolute atomic E-state index is 0.0494. The minimum Gasteiger partial charge on any atom is -0.384 e. The molecule has 1 atom stereocenters. The molecule has 1 heterocycles. The van der Waals surface area contributed by atoms with Gasteiger partial charge in [-0.3, -0.25) is 4.79 Å². The van der Waals surface area contributed by atoms with Crippen molar-refractivity contribution in [1.29, 1.82) is 0 Å². The fourth-order valence-electron chi connectivity index (χ4n) is 1.54. The fraction of sp³-hybridized carbons (Fsp3) is 0.455. The lowest BCUT2D eigenvalue weighted by Crippen LogP contribution is -2.37. The van der Waals surface area contributed by atoms with Gasteiger partial charge in [0.2, 0.25) is 15.9 Å². The Morgan fingerprint density at radius 3 is 2.63 bits per heavy atom. The Hall–Kier alpha value is -1.67. The van der Waals surface area contributed by atoms with Crippen molar-refractivity contribution in [3.63, 3.8) is 0 Å². The second-order valence-corrected chi connectivity index (χ2v) is 6.26. The molecule has 1 aromatic rings. The molecule has 0 aliphatic rings. The number of nitrogen functional groups attached to an aromatic ring is 1. The average molecular weight is 286 g/mol. The topological polar surface area (TPSA) is 105 Å². The predicted octanol–water partition coefficient (Wildman–Crippen LogP) is -0.334. The van der Waals surface area contributed by atoms with Crippen molar-refractivity contribution >= 4 is 21.7 Å². The Morgan fingerprint density at radius 2 is 2.16 bits per heavy atom. The summed E-state index contributed by atoms with van der Waals surface area (Å²) in [6, 6.07) is 2.81. The molecule has 0 saturated heterocycles. The highest BCUT2D eigenvalue weighted by atomic mass is 32.2. The van der Waals surface area contributed by atoms with E-state index in [-0.39, 0.29) is 23.2 Å². The van der Waals surface area contributed by atoms with Crippen molar-refractivity contribution in [2.75, 3.05) is 26.4 Å². The van der Waals surface area contributed by atoms with Gasteiger partial charge in [-0.1, -0.05) is 6.92 Å². The lowest BCUT2D eigenvalue weighted by atomic mass is 10.2. The molecule has 0 radical (unpaired) electrons. The molecular weight excluding hydrogens is 268 g/mol. The minimum atomic E-state index is -3.66. The maximum atomic E-state index is 12.2. The predicted molar refractivity (Wildman–Crippen MR) is 71.7 cm³/mol. The van der Waals surface area contributed by atoms with Gasteiger partial charge in [-0.15, -0.1) is 0 Å². The maximum Gasteiger partial charge on any atom is 0.244 e. The van der Waals surface area contributed by atoms with Gasteiger partial charge in [-0.05, 0) is 12.1 Å². The molecule has 0 fully saturated rings. The Kier molecular flexibility index (Phi) is 4.84. The van der Waals surface area contributed by atoms with Crippen LogP contribution in [0.25, 0.3) is 0 Å². The van der Waals surface area contributed by atoms with E-state index in [1.54, 1.807) is 6.92 Å². The molecule has 106 valence electrons. The lowest BCUT2D eigenvalue weighted by molar-refractivity contribution is -0.124. The van der Waals surface area contributed by atoms with Crippen molar-refractivity contribution < 1.29 is 13.2 Å². The zero-order valence-corrected chi connectivity index (χ0v) is 11.9. The smallest absolute Gasteiger partial charge is 0.244 e. The highest BCUT2D eigenvalue weighted by Crippen LogP contribution is 2.15. The first-order valence-electron chi connectivity index (χ1n) is 5.68. The molecule has 1 amide bonds. The highest BCUT2D eigenvalue weighted by molar-refractivity contribution is 7.89. The molecule has 1 rings (SSSR count). The van der Waals surface area contributed by atoms with Gasteiger partial charge in [0.1, 0.15) is 10.7 Å². The highest BCUT2D eigenvalue weighted by Gasteiger charge is 2.24. The third-order valence-corrected chi connectivity index (χ3v) is 4.50. The van der Waals surface area contributed by atoms with E-state index < -0.39 is 15.9 Å². The molecule has 1 aromatic heterocycles. The van der Waals surface area contributed by atoms with Gasteiger partial charge >= 0.3 is 0 Å². The van der Waals surface area contributed by atoms with Crippen LogP contribution in [0, 0.1) is 5.92 Å². The number of pyridine rings is 1. The Bertz CT molecular complexity index is 542. The number of hydrogen-bond donors (Lipinski definition) is 2. The summed E-state index contributed by atoms with van der Waals surface area (Å²) in [4.78, 5) is 15.2. The van der Waals surface area contributed by atoms with E-state index in [0.29, 0.717) is 0 Å². The second-order valence-electron chi connectivity index (χ2n) is 4.22. The maximum absolute atomic E-state index is 12.2. The van der Waals surface area contributed by atoms with E-state index in [1.165, 1.54) is 32.4 Å². The summed E-state index contributed by atoms with van der Waals surface area (Å²) in [5.41, 5.74) is 5.41. The van der Waals surface area contributed by atoms with Crippen LogP contribution in [0.15, 0.2) is 23.2 Å². The standard InChI is InChI=1S/C11H18N4O3S/c1-8(11(16)13-2)7-15(3)19(17,18)9-4-5-10(12)14-6-9/h4-6,8H,7H2,1-3H3,(H2,12,14)(H,13,16). The molecule has 0 aromatic carbocycles. The van der Waals surface area contributed by atoms with Crippen molar-refractivity contribution in [1.82, 2.24) is 14.6 Å². The monoisotopic (exact) mass is 286 g/mol. The summed E-state index contributed by atoms with van der Waals surface area (Å²) in [7, 11) is -0.724. The number of rotatable bonds is 5. The van der Waals surface area contributed by atoms with Crippen LogP contribution < -0.4 is 11.1 Å². The first-order chi connectivity index (χ1) is 8.78. The van der Waals surface area contributed by atoms with Crippen LogP contribution in [-0.4, -0.2) is 44.3 Å². The zero-order chi connectivity index (χ0) is 14.6. The molecule has 0 aliphatic heterocycles. The van der Waals surface area contributed by atoms with Crippen LogP contribution >= 0.6 is 0 Å². The number of amides is 1. The summed E-state index contributed by atoms with van der Waals surface area (Å²) >= 11 is 0. The number of hydrogen-bond acceptors (Lipinski definition) is 5. The van der Waals surface area contributed by atoms with E-state index >= 15 is 0 Å². The molecule has 3 N–H and O–H groups in total. The first-order valence-corrected chi connectivity index (χ1v) is 7.12. The second kappa shape index (κ2) is 5.98. The van der Waals surface area contributed by atoms with Crippen LogP contribution in [0.1, 0.15) is 6.92 Å². The number of carbonyl (C=O) groups excluding carboxylic acids is 1. The van der Waals surface area contributed by atoms with Gasteiger partial charge in [0.15, 0.2) is 0 Å². The van der Waals surface area contributed by atoms with Gasteiger partial charge in [0.05, 0.1) is 0 Å². The molecular formula is C11H18N4O3S. The van der Waals surface area contributed by atoms with E-state index in [9.17, 15) is 13.2 Å². The number of nitrogens with zero attached hydrogens (tertiary/aromatic N) is 2. The first kappa shape index (κ1) is 15.4. The molecule has 0 aliphatic carbocycles. The van der Waals surface area contributed by atoms with E-state index in [2.05, 4.69) is 10.3 Å². The lowest BCUT2D eigenvalue weighted by Gasteiger charge is -2.20. The Balaban J connectivity index is 2.88. The number of nitrogens with one attached hydrogen (secondary N) is 1. The summed E-state index contributed by atoms with van der Waals surface area (Å²) in [5, 5.41) is 2.48. The summed E-state index contributed by atoms with van der Waals surface area (Å²) < 4.78 is 25.5. The van der Waals surface area contributed by atoms with Crippen LogP contribution in [0.4, 0.5) is 5.82 Å². The molecule has 8 heteroatoms. The van der Waals surface area contributed by atoms with E-state index in [1.807, 2.05) is 0 Å². The van der Waals surface area contributed by atoms with Crippen LogP contribution in [0.5, 0.6) is 0 Å². The largest absolute Gasteiger partial charge is 0.384 e. The quantitative estimate of drug-likeness (QED) is 0.771. The molecule has 19 heavy (non-hydrogen) atoms. The summed E-state index contributed by atoms with van der Waals surface area (Å²) in [6.07, 6.45) is 1.20. The van der Waals surface area contributed by atoms with Crippen LogP contribution in [0.3, 0.4) is 0 Å². The van der Waals surface area contributed by atoms with Gasteiger partial charge < -0.3 is 11.1 Å². The number of aromatic nitrogens is 1. The molecule has 0 spiro atoms. The number of nitrogens with two attached hydrogens (primary N) is 1. The normalized spacial score (nSPS) is 13.3. The van der Waals surface area contributed by atoms with Crippen LogP contribution in [0.2, 0.25) is 0 Å². The van der Waals surface area contributed by atoms with Gasteiger partial charge in [0, 0.05) is 32.8 Å². The van der Waals surface area contributed by atoms with Crippen molar-refractivity contribution in [3.8, 4) is 0 Å². The van der Waals surface area contributed by atoms with Gasteiger partial charge in [-0.2, -0.15) is 0 Å². The van der Waals surface area contributed by atoms with Gasteiger partial charge in [0.25, 0.3) is 0 Å². The summed E-state index contributed by atoms with van der Waals surface area (Å²) in [5.74, 6) is -0.399. The third-order valence-electron chi connectivity index (χ3n) is 2.69. The van der Waals surface area contributed by atoms with Crippen LogP contribution in [-0.2, 0) is 14.8 Å². The Morgan fingerprint density at radius 1 is 1.53 bits per heavy atom. The van der Waals surface area contributed by atoms with E-state index in [4.69, 9.17) is 5.73 Å². The summed E-state index contributed by atoms with van der Waals surface area (Å²) in [6.45, 7) is 1.75. The molecule has 0 bridgehead atoms. The average Bonchev–Trinajstić information content (AvgIpc) is 2.38. The van der Waals surface area contributed by atoms with Crippen molar-refractivity contribution in [2.24, 2.45) is 5.92 Å². The molecule has 7 nitrogen and oxygen atoms in total. The van der Waals surface area contributed by atoms with Gasteiger partial charge in [-0.25, -0.2) is 17.7 Å². The number of carbonyl (C=O) groups is 1. The van der Waals surface area contributed by atoms with E-state index in [0.717, 1.165) is 4.31 Å². The number of anilines is 1. The molecule has 1 unspecified atom stereocenters.